The molecule has 6 nitrogen and oxygen atoms in total. The zero-order valence-electron chi connectivity index (χ0n) is 12.9. The predicted molar refractivity (Wildman–Crippen MR) is 90.1 cm³/mol. The first-order chi connectivity index (χ1) is 12.1. The minimum absolute atomic E-state index is 0.0196. The maximum absolute atomic E-state index is 13.7. The summed E-state index contributed by atoms with van der Waals surface area (Å²) in [5, 5.41) is 2.10. The fourth-order valence-electron chi connectivity index (χ4n) is 2.20. The molecule has 0 unspecified atom stereocenters. The highest BCUT2D eigenvalue weighted by molar-refractivity contribution is 8.18. The molecule has 0 radical (unpaired) electrons. The highest BCUT2D eigenvalue weighted by Crippen LogP contribution is 2.32. The first-order valence-corrected chi connectivity index (χ1v) is 8.19. The molecule has 25 heavy (non-hydrogen) atoms. The number of halogens is 1. The minimum Gasteiger partial charge on any atom is -0.459 e. The van der Waals surface area contributed by atoms with Crippen LogP contribution in [-0.4, -0.2) is 35.0 Å². The molecule has 1 aromatic carbocycles. The number of carbonyl (C=O) groups is 3. The molecule has 2 heterocycles. The van der Waals surface area contributed by atoms with Crippen LogP contribution in [0.25, 0.3) is 6.08 Å². The third-order valence-electron chi connectivity index (χ3n) is 3.43. The van der Waals surface area contributed by atoms with Gasteiger partial charge in [0.1, 0.15) is 5.82 Å². The Bertz CT molecular complexity index is 848. The number of hydrogen-bond donors (Lipinski definition) is 1. The normalized spacial score (nSPS) is 15.9. The van der Waals surface area contributed by atoms with E-state index in [0.717, 1.165) is 16.7 Å². The van der Waals surface area contributed by atoms with Crippen LogP contribution in [0.5, 0.6) is 0 Å². The van der Waals surface area contributed by atoms with Crippen molar-refractivity contribution in [1.29, 1.82) is 0 Å². The van der Waals surface area contributed by atoms with E-state index in [-0.39, 0.29) is 29.3 Å². The Hall–Kier alpha value is -2.87. The molecular weight excluding hydrogens is 347 g/mol. The molecule has 1 N–H and O–H groups in total. The summed E-state index contributed by atoms with van der Waals surface area (Å²) in [5.74, 6) is -1.27. The van der Waals surface area contributed by atoms with Crippen LogP contribution in [0, 0.1) is 5.82 Å². The zero-order valence-corrected chi connectivity index (χ0v) is 13.7. The van der Waals surface area contributed by atoms with E-state index >= 15 is 0 Å². The molecular formula is C17H13FN2O4S. The van der Waals surface area contributed by atoms with Gasteiger partial charge in [0, 0.05) is 18.7 Å². The van der Waals surface area contributed by atoms with Crippen molar-refractivity contribution in [3.05, 3.63) is 64.7 Å². The van der Waals surface area contributed by atoms with Crippen LogP contribution in [0.15, 0.2) is 52.0 Å². The predicted octanol–water partition coefficient (Wildman–Crippen LogP) is 2.89. The van der Waals surface area contributed by atoms with Gasteiger partial charge in [0.05, 0.1) is 11.2 Å². The lowest BCUT2D eigenvalue weighted by molar-refractivity contribution is -0.122. The second-order valence-corrected chi connectivity index (χ2v) is 6.08. The van der Waals surface area contributed by atoms with Crippen LogP contribution < -0.4 is 5.32 Å². The van der Waals surface area contributed by atoms with Crippen molar-refractivity contribution in [1.82, 2.24) is 10.2 Å². The Morgan fingerprint density at radius 1 is 1.24 bits per heavy atom. The number of thioether (sulfide) groups is 1. The van der Waals surface area contributed by atoms with Crippen molar-refractivity contribution in [3.8, 4) is 0 Å². The third kappa shape index (κ3) is 3.80. The Kier molecular flexibility index (Phi) is 4.99. The molecule has 1 saturated heterocycles. The molecule has 0 aliphatic carbocycles. The summed E-state index contributed by atoms with van der Waals surface area (Å²) >= 11 is 0.743. The lowest BCUT2D eigenvalue weighted by atomic mass is 10.2. The molecule has 128 valence electrons. The standard InChI is InChI=1S/C17H13FN2O4S/c18-12-5-2-1-4-11(12)10-14-16(22)20(17(23)25-14)8-7-19-15(21)13-6-3-9-24-13/h1-6,9-10H,7-8H2,(H,19,21). The molecule has 2 aromatic rings. The summed E-state index contributed by atoms with van der Waals surface area (Å²) in [7, 11) is 0. The van der Waals surface area contributed by atoms with Crippen LogP contribution >= 0.6 is 11.8 Å². The van der Waals surface area contributed by atoms with Gasteiger partial charge in [0.2, 0.25) is 0 Å². The average molecular weight is 360 g/mol. The van der Waals surface area contributed by atoms with E-state index in [1.807, 2.05) is 0 Å². The largest absolute Gasteiger partial charge is 0.459 e. The van der Waals surface area contributed by atoms with E-state index in [9.17, 15) is 18.8 Å². The van der Waals surface area contributed by atoms with Crippen LogP contribution in [0.1, 0.15) is 16.1 Å². The molecule has 1 aliphatic heterocycles. The molecule has 1 aromatic heterocycles. The number of hydrogen-bond acceptors (Lipinski definition) is 5. The number of furan rings is 1. The van der Waals surface area contributed by atoms with Crippen molar-refractivity contribution in [2.75, 3.05) is 13.1 Å². The molecule has 1 fully saturated rings. The van der Waals surface area contributed by atoms with Gasteiger partial charge < -0.3 is 9.73 Å². The van der Waals surface area contributed by atoms with Crippen molar-refractivity contribution < 1.29 is 23.2 Å². The first-order valence-electron chi connectivity index (χ1n) is 7.38. The average Bonchev–Trinajstić information content (AvgIpc) is 3.21. The maximum Gasteiger partial charge on any atom is 0.293 e. The number of benzene rings is 1. The van der Waals surface area contributed by atoms with Gasteiger partial charge in [0.25, 0.3) is 17.1 Å². The number of imide groups is 1. The van der Waals surface area contributed by atoms with E-state index in [2.05, 4.69) is 5.32 Å². The van der Waals surface area contributed by atoms with E-state index in [0.29, 0.717) is 0 Å². The summed E-state index contributed by atoms with van der Waals surface area (Å²) in [5.41, 5.74) is 0.235. The van der Waals surface area contributed by atoms with E-state index < -0.39 is 22.9 Å². The lowest BCUT2D eigenvalue weighted by Gasteiger charge is -2.12. The monoisotopic (exact) mass is 360 g/mol. The molecule has 0 spiro atoms. The second-order valence-electron chi connectivity index (χ2n) is 5.09. The van der Waals surface area contributed by atoms with Gasteiger partial charge in [0.15, 0.2) is 5.76 Å². The van der Waals surface area contributed by atoms with Crippen molar-refractivity contribution in [2.24, 2.45) is 0 Å². The molecule has 0 bridgehead atoms. The summed E-state index contributed by atoms with van der Waals surface area (Å²) in [4.78, 5) is 37.2. The third-order valence-corrected chi connectivity index (χ3v) is 4.34. The Morgan fingerprint density at radius 3 is 2.76 bits per heavy atom. The van der Waals surface area contributed by atoms with Crippen molar-refractivity contribution in [3.63, 3.8) is 0 Å². The molecule has 1 aliphatic rings. The highest BCUT2D eigenvalue weighted by atomic mass is 32.2. The zero-order chi connectivity index (χ0) is 17.8. The van der Waals surface area contributed by atoms with Gasteiger partial charge in [-0.3, -0.25) is 19.3 Å². The van der Waals surface area contributed by atoms with Gasteiger partial charge in [-0.2, -0.15) is 0 Å². The Morgan fingerprint density at radius 2 is 2.04 bits per heavy atom. The van der Waals surface area contributed by atoms with Crippen molar-refractivity contribution in [2.45, 2.75) is 0 Å². The topological polar surface area (TPSA) is 79.6 Å². The highest BCUT2D eigenvalue weighted by Gasteiger charge is 2.34. The number of rotatable bonds is 5. The second kappa shape index (κ2) is 7.35. The van der Waals surface area contributed by atoms with Crippen LogP contribution in [0.3, 0.4) is 0 Å². The fraction of sp³-hybridized carbons (Fsp3) is 0.118. The summed E-state index contributed by atoms with van der Waals surface area (Å²) in [6.07, 6.45) is 2.72. The molecule has 0 saturated carbocycles. The van der Waals surface area contributed by atoms with Crippen LogP contribution in [0.2, 0.25) is 0 Å². The van der Waals surface area contributed by atoms with Crippen LogP contribution in [-0.2, 0) is 4.79 Å². The molecule has 8 heteroatoms. The van der Waals surface area contributed by atoms with Gasteiger partial charge >= 0.3 is 0 Å². The summed E-state index contributed by atoms with van der Waals surface area (Å²) < 4.78 is 18.6. The van der Waals surface area contributed by atoms with Crippen molar-refractivity contribution >= 4 is 34.9 Å². The van der Waals surface area contributed by atoms with Gasteiger partial charge in [-0.15, -0.1) is 0 Å². The number of carbonyl (C=O) groups excluding carboxylic acids is 3. The smallest absolute Gasteiger partial charge is 0.293 e. The minimum atomic E-state index is -0.509. The lowest BCUT2D eigenvalue weighted by Crippen LogP contribution is -2.37. The van der Waals surface area contributed by atoms with E-state index in [4.69, 9.17) is 4.42 Å². The fourth-order valence-corrected chi connectivity index (χ4v) is 3.06. The van der Waals surface area contributed by atoms with Gasteiger partial charge in [-0.1, -0.05) is 18.2 Å². The summed E-state index contributed by atoms with van der Waals surface area (Å²) in [6, 6.07) is 9.07. The number of amides is 3. The number of nitrogens with zero attached hydrogens (tertiary/aromatic N) is 1. The number of nitrogens with one attached hydrogen (secondary N) is 1. The van der Waals surface area contributed by atoms with Crippen LogP contribution in [0.4, 0.5) is 9.18 Å². The summed E-state index contributed by atoms with van der Waals surface area (Å²) in [6.45, 7) is 0.107. The van der Waals surface area contributed by atoms with Gasteiger partial charge in [-0.25, -0.2) is 4.39 Å². The Balaban J connectivity index is 1.62. The molecule has 0 atom stereocenters. The van der Waals surface area contributed by atoms with Gasteiger partial charge in [-0.05, 0) is 36.0 Å². The first kappa shape index (κ1) is 17.0. The van der Waals surface area contributed by atoms with E-state index in [1.165, 1.54) is 30.5 Å². The SMILES string of the molecule is O=C(NCCN1C(=O)SC(=Cc2ccccc2F)C1=O)c1ccco1. The molecule has 3 rings (SSSR count). The Labute approximate surface area is 146 Å². The van der Waals surface area contributed by atoms with E-state index in [1.54, 1.807) is 18.2 Å². The quantitative estimate of drug-likeness (QED) is 0.830. The maximum atomic E-state index is 13.7. The molecule has 3 amide bonds.